The first kappa shape index (κ1) is 29.9. The van der Waals surface area contributed by atoms with E-state index < -0.39 is 22.1 Å². The van der Waals surface area contributed by atoms with Gasteiger partial charge in [0.1, 0.15) is 10.0 Å². The molecule has 4 nitrogen and oxygen atoms in total. The first-order valence-electron chi connectivity index (χ1n) is 11.3. The standard InChI is InChI=1S/C20H18N2O2S.C9H12.ClH.Ru/c21-19(16-10-4-1-5-11-16)20(17-12-6-2-7-13-17)22-25(23,24)18-14-8-3-9-15-18;1-7-4-8(2)6-9(3)5-7;;/h1-15,19-21H;4-6H,1-3H3;1H;/q-2;;;+3/p-1/t19-,20-;;;/m0.../s1. The molecule has 0 aliphatic rings. The third-order valence-corrected chi connectivity index (χ3v) is 6.65. The molecule has 0 saturated heterocycles. The van der Waals surface area contributed by atoms with Crippen LogP contribution >= 0.6 is 9.69 Å². The number of hydrogen-bond donors (Lipinski definition) is 0. The number of aryl methyl sites for hydroxylation is 3. The van der Waals surface area contributed by atoms with E-state index in [1.807, 2.05) is 65.8 Å². The van der Waals surface area contributed by atoms with Gasteiger partial charge in [0.2, 0.25) is 0 Å². The Labute approximate surface area is 229 Å². The van der Waals surface area contributed by atoms with E-state index in [1.165, 1.54) is 28.8 Å². The maximum Gasteiger partial charge on any atom is 0.101 e. The van der Waals surface area contributed by atoms with Crippen LogP contribution in [0.4, 0.5) is 0 Å². The van der Waals surface area contributed by atoms with Crippen LogP contribution in [-0.4, -0.2) is 8.42 Å². The summed E-state index contributed by atoms with van der Waals surface area (Å²) >= 11 is 1.82. The summed E-state index contributed by atoms with van der Waals surface area (Å²) in [5.74, 6) is 0. The molecule has 4 aromatic carbocycles. The van der Waals surface area contributed by atoms with Gasteiger partial charge in [-0.2, -0.15) is 0 Å². The van der Waals surface area contributed by atoms with Gasteiger partial charge in [-0.3, -0.25) is 0 Å². The molecule has 0 amide bonds. The number of nitrogens with one attached hydrogen (secondary N) is 1. The van der Waals surface area contributed by atoms with Gasteiger partial charge in [-0.05, 0) is 32.9 Å². The molecule has 0 fully saturated rings. The summed E-state index contributed by atoms with van der Waals surface area (Å²) in [6.45, 7) is 6.38. The van der Waals surface area contributed by atoms with E-state index in [0.29, 0.717) is 5.56 Å². The Hall–Kier alpha value is -2.34. The Balaban J connectivity index is 0.000000347. The third-order valence-electron chi connectivity index (χ3n) is 5.27. The molecule has 4 aromatic rings. The molecule has 0 aliphatic heterocycles. The van der Waals surface area contributed by atoms with E-state index in [4.69, 9.17) is 5.73 Å². The number of benzene rings is 4. The second-order valence-corrected chi connectivity index (χ2v) is 9.93. The Kier molecular flexibility index (Phi) is 12.5. The zero-order chi connectivity index (χ0) is 26.6. The van der Waals surface area contributed by atoms with Crippen LogP contribution in [0, 0.1) is 20.8 Å². The van der Waals surface area contributed by atoms with Gasteiger partial charge in [0.15, 0.2) is 0 Å². The van der Waals surface area contributed by atoms with Crippen LogP contribution in [-0.2, 0) is 27.3 Å². The topological polar surface area (TPSA) is 72.0 Å². The summed E-state index contributed by atoms with van der Waals surface area (Å²) in [6, 6.07) is 31.3. The van der Waals surface area contributed by atoms with Crippen molar-refractivity contribution in [1.29, 1.82) is 0 Å². The minimum atomic E-state index is -3.86. The van der Waals surface area contributed by atoms with E-state index in [1.54, 1.807) is 30.3 Å². The van der Waals surface area contributed by atoms with Crippen molar-refractivity contribution in [3.05, 3.63) is 147 Å². The number of halogens is 1. The van der Waals surface area contributed by atoms with Crippen molar-refractivity contribution in [2.24, 2.45) is 0 Å². The van der Waals surface area contributed by atoms with Crippen molar-refractivity contribution in [3.8, 4) is 0 Å². The Morgan fingerprint density at radius 3 is 1.44 bits per heavy atom. The predicted molar refractivity (Wildman–Crippen MR) is 146 cm³/mol. The van der Waals surface area contributed by atoms with Crippen molar-refractivity contribution in [2.45, 2.75) is 37.8 Å². The van der Waals surface area contributed by atoms with E-state index >= 15 is 0 Å². The molecule has 36 heavy (non-hydrogen) atoms. The molecular formula is C29H30ClN2O2RuS. The second kappa shape index (κ2) is 15.0. The first-order chi connectivity index (χ1) is 17.3. The maximum atomic E-state index is 12.7. The molecule has 0 heterocycles. The van der Waals surface area contributed by atoms with E-state index in [0.717, 1.165) is 5.56 Å². The van der Waals surface area contributed by atoms with Gasteiger partial charge in [-0.25, -0.2) is 8.42 Å². The Bertz CT molecular complexity index is 1240. The fraction of sp³-hybridized carbons (Fsp3) is 0.172. The normalized spacial score (nSPS) is 12.2. The molecule has 7 heteroatoms. The monoisotopic (exact) mass is 607 g/mol. The van der Waals surface area contributed by atoms with Gasteiger partial charge in [0.05, 0.1) is 0 Å². The van der Waals surface area contributed by atoms with E-state index in [9.17, 15) is 8.42 Å². The molecule has 0 saturated carbocycles. The smallest absolute Gasteiger partial charge is 0.101 e. The Morgan fingerprint density at radius 1 is 0.667 bits per heavy atom. The largest absolute Gasteiger partial charge is 0.672 e. The average Bonchev–Trinajstić information content (AvgIpc) is 2.89. The minimum Gasteiger partial charge on any atom is -0.672 e. The van der Waals surface area contributed by atoms with Gasteiger partial charge < -0.3 is 10.5 Å². The zero-order valence-corrected chi connectivity index (χ0v) is 23.8. The summed E-state index contributed by atoms with van der Waals surface area (Å²) in [4.78, 5) is 0.135. The molecule has 189 valence electrons. The quantitative estimate of drug-likeness (QED) is 0.206. The molecule has 0 radical (unpaired) electrons. The molecular weight excluding hydrogens is 577 g/mol. The maximum absolute atomic E-state index is 12.7. The van der Waals surface area contributed by atoms with Crippen LogP contribution < -0.4 is 0 Å². The summed E-state index contributed by atoms with van der Waals surface area (Å²) in [7, 11) is 0.713. The molecule has 1 N–H and O–H groups in total. The summed E-state index contributed by atoms with van der Waals surface area (Å²) in [5.41, 5.74) is 14.1. The van der Waals surface area contributed by atoms with Gasteiger partial charge in [0, 0.05) is 4.90 Å². The molecule has 0 aromatic heterocycles. The number of sulfonamides is 1. The third kappa shape index (κ3) is 9.27. The van der Waals surface area contributed by atoms with Crippen LogP contribution in [0.3, 0.4) is 0 Å². The molecule has 0 unspecified atom stereocenters. The molecule has 2 atom stereocenters. The predicted octanol–water partition coefficient (Wildman–Crippen LogP) is 8.58. The zero-order valence-electron chi connectivity index (χ0n) is 20.5. The van der Waals surface area contributed by atoms with Crippen LogP contribution in [0.5, 0.6) is 0 Å². The van der Waals surface area contributed by atoms with Gasteiger partial charge in [0.25, 0.3) is 0 Å². The second-order valence-electron chi connectivity index (χ2n) is 8.30. The van der Waals surface area contributed by atoms with Crippen molar-refractivity contribution in [2.75, 3.05) is 0 Å². The fourth-order valence-electron chi connectivity index (χ4n) is 3.81. The van der Waals surface area contributed by atoms with Crippen LogP contribution in [0.2, 0.25) is 0 Å². The van der Waals surface area contributed by atoms with Crippen molar-refractivity contribution in [3.63, 3.8) is 0 Å². The van der Waals surface area contributed by atoms with Gasteiger partial charge in [-0.15, -0.1) is 12.1 Å². The van der Waals surface area contributed by atoms with Gasteiger partial charge >= 0.3 is 27.0 Å². The molecule has 0 aliphatic carbocycles. The van der Waals surface area contributed by atoms with Crippen LogP contribution in [0.25, 0.3) is 10.5 Å². The van der Waals surface area contributed by atoms with Crippen LogP contribution in [0.1, 0.15) is 39.9 Å². The van der Waals surface area contributed by atoms with Crippen molar-refractivity contribution in [1.82, 2.24) is 0 Å². The summed E-state index contributed by atoms with van der Waals surface area (Å²) in [6.07, 6.45) is 0. The first-order valence-corrected chi connectivity index (χ1v) is 15.0. The van der Waals surface area contributed by atoms with Gasteiger partial charge in [-0.1, -0.05) is 125 Å². The fourth-order valence-corrected chi connectivity index (χ4v) is 4.98. The number of hydrogen-bond acceptors (Lipinski definition) is 2. The Morgan fingerprint density at radius 2 is 1.03 bits per heavy atom. The van der Waals surface area contributed by atoms with E-state index in [2.05, 4.69) is 53.4 Å². The number of nitrogens with zero attached hydrogens (tertiary/aromatic N) is 1. The molecule has 0 bridgehead atoms. The summed E-state index contributed by atoms with van der Waals surface area (Å²) < 4.78 is 29.5. The minimum absolute atomic E-state index is 0.135. The van der Waals surface area contributed by atoms with E-state index in [-0.39, 0.29) is 4.90 Å². The SMILES string of the molecule is Cc1cc(C)cc(C)c1.[Cl][Ru+2].[NH-][C@@H](c1ccccc1)[C@@H]([N-]S(=O)(=O)c1ccccc1)c1ccccc1. The summed E-state index contributed by atoms with van der Waals surface area (Å²) in [5, 5.41) is 0. The van der Waals surface area contributed by atoms with Crippen molar-refractivity contribution >= 4 is 19.7 Å². The molecule has 0 spiro atoms. The van der Waals surface area contributed by atoms with Crippen LogP contribution in [0.15, 0.2) is 114 Å². The van der Waals surface area contributed by atoms with Crippen molar-refractivity contribution < 1.29 is 25.7 Å². The average molecular weight is 607 g/mol. The molecule has 4 rings (SSSR count). The number of rotatable bonds is 6.